The Kier molecular flexibility index (Phi) is 5.79. The summed E-state index contributed by atoms with van der Waals surface area (Å²) >= 11 is 0. The van der Waals surface area contributed by atoms with E-state index in [2.05, 4.69) is 10.2 Å². The van der Waals surface area contributed by atoms with Gasteiger partial charge in [-0.05, 0) is 63.3 Å². The number of carbonyl (C=O) groups is 1. The highest BCUT2D eigenvalue weighted by Gasteiger charge is 2.40. The topological polar surface area (TPSA) is 69.7 Å². The van der Waals surface area contributed by atoms with Gasteiger partial charge in [0.25, 0.3) is 10.0 Å². The van der Waals surface area contributed by atoms with Gasteiger partial charge in [-0.1, -0.05) is 37.1 Å². The average molecular weight is 416 g/mol. The molecule has 0 spiro atoms. The van der Waals surface area contributed by atoms with Crippen LogP contribution in [-0.2, 0) is 14.8 Å². The van der Waals surface area contributed by atoms with Gasteiger partial charge in [0.1, 0.15) is 6.04 Å². The number of likely N-dealkylation sites (tertiary alicyclic amines) is 1. The molecular weight excluding hydrogens is 386 g/mol. The molecule has 0 radical (unpaired) electrons. The van der Waals surface area contributed by atoms with Crippen LogP contribution in [0.25, 0.3) is 10.8 Å². The van der Waals surface area contributed by atoms with Gasteiger partial charge in [0, 0.05) is 11.9 Å². The van der Waals surface area contributed by atoms with Crippen molar-refractivity contribution in [1.29, 1.82) is 0 Å². The Bertz CT molecular complexity index is 992. The summed E-state index contributed by atoms with van der Waals surface area (Å²) in [5.74, 6) is -0.255. The van der Waals surface area contributed by atoms with Crippen LogP contribution >= 0.6 is 0 Å². The van der Waals surface area contributed by atoms with Gasteiger partial charge in [-0.3, -0.25) is 9.10 Å². The molecule has 1 N–H and O–H groups in total. The van der Waals surface area contributed by atoms with Crippen LogP contribution in [-0.4, -0.2) is 51.4 Å². The number of nitrogens with one attached hydrogen (secondary N) is 1. The molecule has 2 aliphatic rings. The monoisotopic (exact) mass is 415 g/mol. The van der Waals surface area contributed by atoms with Gasteiger partial charge >= 0.3 is 0 Å². The first-order valence-electron chi connectivity index (χ1n) is 10.6. The van der Waals surface area contributed by atoms with E-state index in [1.807, 2.05) is 18.2 Å². The Hall–Kier alpha value is -2.12. The summed E-state index contributed by atoms with van der Waals surface area (Å²) in [7, 11) is -3.73. The first-order chi connectivity index (χ1) is 14.0. The zero-order chi connectivity index (χ0) is 20.4. The number of sulfonamides is 1. The van der Waals surface area contributed by atoms with Gasteiger partial charge in [0.15, 0.2) is 0 Å². The summed E-state index contributed by atoms with van der Waals surface area (Å²) in [5.41, 5.74) is 0.588. The molecule has 1 saturated heterocycles. The molecule has 2 aliphatic heterocycles. The van der Waals surface area contributed by atoms with Crippen molar-refractivity contribution in [3.8, 4) is 0 Å². The second kappa shape index (κ2) is 8.32. The third kappa shape index (κ3) is 3.85. The van der Waals surface area contributed by atoms with Crippen LogP contribution < -0.4 is 9.62 Å². The Morgan fingerprint density at radius 2 is 1.76 bits per heavy atom. The summed E-state index contributed by atoms with van der Waals surface area (Å²) in [6.07, 6.45) is 6.00. The van der Waals surface area contributed by atoms with Crippen molar-refractivity contribution in [2.45, 2.75) is 50.0 Å². The summed E-state index contributed by atoms with van der Waals surface area (Å²) in [5, 5.41) is 4.52. The smallest absolute Gasteiger partial charge is 0.265 e. The fraction of sp³-hybridized carbons (Fsp3) is 0.500. The quantitative estimate of drug-likeness (QED) is 0.736. The van der Waals surface area contributed by atoms with Crippen molar-refractivity contribution >= 4 is 32.4 Å². The van der Waals surface area contributed by atoms with Gasteiger partial charge in [-0.2, -0.15) is 0 Å². The Balaban J connectivity index is 1.41. The summed E-state index contributed by atoms with van der Waals surface area (Å²) in [4.78, 5) is 15.5. The fourth-order valence-electron chi connectivity index (χ4n) is 4.47. The van der Waals surface area contributed by atoms with Crippen LogP contribution in [0.1, 0.15) is 39.0 Å². The molecule has 156 valence electrons. The lowest BCUT2D eigenvalue weighted by atomic mass is 10.1. The molecule has 1 fully saturated rings. The fourth-order valence-corrected chi connectivity index (χ4v) is 6.33. The largest absolute Gasteiger partial charge is 0.354 e. The number of benzene rings is 2. The van der Waals surface area contributed by atoms with Crippen molar-refractivity contribution in [3.63, 3.8) is 0 Å². The molecule has 0 unspecified atom stereocenters. The van der Waals surface area contributed by atoms with Gasteiger partial charge < -0.3 is 10.2 Å². The lowest BCUT2D eigenvalue weighted by Crippen LogP contribution is -2.47. The van der Waals surface area contributed by atoms with Crippen LogP contribution in [0.2, 0.25) is 0 Å². The summed E-state index contributed by atoms with van der Waals surface area (Å²) in [6, 6.07) is 9.98. The minimum Gasteiger partial charge on any atom is -0.354 e. The minimum atomic E-state index is -3.73. The standard InChI is InChI=1S/C22H29N3O3S/c1-17(22(26)23-13-8-16-24-14-4-2-3-5-15-24)25-19-11-6-9-18-10-7-12-20(21(18)19)29(25,27)28/h6-7,9-12,17H,2-5,8,13-16H2,1H3,(H,23,26)/t17-/m1/s1. The van der Waals surface area contributed by atoms with Gasteiger partial charge in [-0.25, -0.2) is 8.42 Å². The zero-order valence-corrected chi connectivity index (χ0v) is 17.7. The van der Waals surface area contributed by atoms with Crippen LogP contribution in [0.3, 0.4) is 0 Å². The van der Waals surface area contributed by atoms with E-state index >= 15 is 0 Å². The molecule has 7 heteroatoms. The van der Waals surface area contributed by atoms with E-state index in [-0.39, 0.29) is 10.8 Å². The van der Waals surface area contributed by atoms with E-state index in [1.165, 1.54) is 30.0 Å². The van der Waals surface area contributed by atoms with Crippen molar-refractivity contribution in [2.24, 2.45) is 0 Å². The van der Waals surface area contributed by atoms with Crippen LogP contribution in [0, 0.1) is 0 Å². The second-order valence-electron chi connectivity index (χ2n) is 8.01. The summed E-state index contributed by atoms with van der Waals surface area (Å²) < 4.78 is 27.5. The molecule has 2 aromatic rings. The number of hydrogen-bond donors (Lipinski definition) is 1. The molecule has 0 saturated carbocycles. The van der Waals surface area contributed by atoms with E-state index in [4.69, 9.17) is 0 Å². The highest BCUT2D eigenvalue weighted by atomic mass is 32.2. The van der Waals surface area contributed by atoms with E-state index in [1.54, 1.807) is 25.1 Å². The minimum absolute atomic E-state index is 0.255. The predicted molar refractivity (Wildman–Crippen MR) is 116 cm³/mol. The van der Waals surface area contributed by atoms with Gasteiger partial charge in [-0.15, -0.1) is 0 Å². The average Bonchev–Trinajstić information content (AvgIpc) is 2.88. The van der Waals surface area contributed by atoms with Crippen molar-refractivity contribution in [3.05, 3.63) is 36.4 Å². The maximum absolute atomic E-state index is 13.1. The number of nitrogens with zero attached hydrogens (tertiary/aromatic N) is 2. The molecule has 0 aliphatic carbocycles. The normalized spacial score (nSPS) is 19.8. The van der Waals surface area contributed by atoms with Crippen LogP contribution in [0.15, 0.2) is 41.3 Å². The molecular formula is C22H29N3O3S. The lowest BCUT2D eigenvalue weighted by molar-refractivity contribution is -0.121. The first-order valence-corrected chi connectivity index (χ1v) is 12.0. The Morgan fingerprint density at radius 1 is 1.07 bits per heavy atom. The number of carbonyl (C=O) groups excluding carboxylic acids is 1. The molecule has 0 aromatic heterocycles. The molecule has 4 rings (SSSR count). The van der Waals surface area contributed by atoms with Crippen LogP contribution in [0.5, 0.6) is 0 Å². The lowest BCUT2D eigenvalue weighted by Gasteiger charge is -2.25. The number of anilines is 1. The predicted octanol–water partition coefficient (Wildman–Crippen LogP) is 3.12. The first kappa shape index (κ1) is 20.2. The number of hydrogen-bond acceptors (Lipinski definition) is 4. The van der Waals surface area contributed by atoms with Gasteiger partial charge in [0.2, 0.25) is 5.91 Å². The van der Waals surface area contributed by atoms with E-state index < -0.39 is 16.1 Å². The molecule has 6 nitrogen and oxygen atoms in total. The maximum Gasteiger partial charge on any atom is 0.265 e. The van der Waals surface area contributed by atoms with Crippen molar-refractivity contribution < 1.29 is 13.2 Å². The number of amides is 1. The van der Waals surface area contributed by atoms with Crippen molar-refractivity contribution in [1.82, 2.24) is 10.2 Å². The van der Waals surface area contributed by atoms with Crippen LogP contribution in [0.4, 0.5) is 5.69 Å². The molecule has 2 aromatic carbocycles. The molecule has 2 heterocycles. The SMILES string of the molecule is C[C@H](C(=O)NCCCN1CCCCCC1)N1c2cccc3cccc(c23)S1(=O)=O. The van der Waals surface area contributed by atoms with Gasteiger partial charge in [0.05, 0.1) is 10.6 Å². The van der Waals surface area contributed by atoms with E-state index in [9.17, 15) is 13.2 Å². The second-order valence-corrected chi connectivity index (χ2v) is 9.79. The zero-order valence-electron chi connectivity index (χ0n) is 16.9. The molecule has 1 amide bonds. The number of rotatable bonds is 6. The molecule has 1 atom stereocenters. The van der Waals surface area contributed by atoms with E-state index in [0.29, 0.717) is 17.6 Å². The summed E-state index contributed by atoms with van der Waals surface area (Å²) in [6.45, 7) is 5.47. The highest BCUT2D eigenvalue weighted by molar-refractivity contribution is 7.93. The molecule has 29 heavy (non-hydrogen) atoms. The highest BCUT2D eigenvalue weighted by Crippen LogP contribution is 2.43. The van der Waals surface area contributed by atoms with E-state index in [0.717, 1.165) is 31.4 Å². The third-order valence-corrected chi connectivity index (χ3v) is 7.93. The third-order valence-electron chi connectivity index (χ3n) is 6.00. The Labute approximate surface area is 172 Å². The van der Waals surface area contributed by atoms with Crippen molar-refractivity contribution in [2.75, 3.05) is 30.5 Å². The molecule has 0 bridgehead atoms. The Morgan fingerprint density at radius 3 is 2.48 bits per heavy atom. The maximum atomic E-state index is 13.1.